The van der Waals surface area contributed by atoms with Gasteiger partial charge in [-0.2, -0.15) is 0 Å². The van der Waals surface area contributed by atoms with Crippen LogP contribution in [-0.4, -0.2) is 118 Å². The lowest BCUT2D eigenvalue weighted by Gasteiger charge is -2.58. The van der Waals surface area contributed by atoms with Gasteiger partial charge in [-0.1, -0.05) is 60.7 Å². The van der Waals surface area contributed by atoms with E-state index in [0.29, 0.717) is 0 Å². The summed E-state index contributed by atoms with van der Waals surface area (Å²) in [6.45, 7) is 1.21. The number of fused-ring (bicyclic) bond motifs is 1. The number of epoxide rings is 1. The summed E-state index contributed by atoms with van der Waals surface area (Å²) in [6, 6.07) is 15.7. The molecule has 2 aromatic carbocycles. The predicted molar refractivity (Wildman–Crippen MR) is 154 cm³/mol. The number of carbonyl (C=O) groups excluding carboxylic acids is 2. The van der Waals surface area contributed by atoms with Crippen LogP contribution in [0.5, 0.6) is 0 Å². The van der Waals surface area contributed by atoms with E-state index in [9.17, 15) is 24.9 Å². The minimum absolute atomic E-state index is 0.0145. The van der Waals surface area contributed by atoms with E-state index in [-0.39, 0.29) is 19.6 Å². The van der Waals surface area contributed by atoms with Crippen LogP contribution in [0, 0.1) is 0 Å². The Morgan fingerprint density at radius 2 is 1.36 bits per heavy atom. The molecule has 4 aliphatic rings. The third kappa shape index (κ3) is 5.34. The Morgan fingerprint density at radius 1 is 0.867 bits per heavy atom. The summed E-state index contributed by atoms with van der Waals surface area (Å²) in [5.41, 5.74) is 5.41. The lowest BCUT2D eigenvalue weighted by Crippen LogP contribution is -2.80. The number of nitrogens with two attached hydrogens (primary N) is 1. The number of carbonyl (C=O) groups is 2. The Hall–Kier alpha value is -3.34. The Balaban J connectivity index is 1.30. The van der Waals surface area contributed by atoms with Crippen LogP contribution in [0.1, 0.15) is 24.5 Å². The molecule has 14 nitrogen and oxygen atoms in total. The number of amides is 2. The zero-order valence-electron chi connectivity index (χ0n) is 25.2. The average Bonchev–Trinajstić information content (AvgIpc) is 3.75. The van der Waals surface area contributed by atoms with E-state index >= 15 is 0 Å². The number of nitrogens with zero attached hydrogens (tertiary/aromatic N) is 2. The quantitative estimate of drug-likeness (QED) is 0.314. The van der Waals surface area contributed by atoms with E-state index in [2.05, 4.69) is 0 Å². The zero-order chi connectivity index (χ0) is 32.1. The van der Waals surface area contributed by atoms with Gasteiger partial charge in [0.05, 0.1) is 18.2 Å². The molecule has 244 valence electrons. The second kappa shape index (κ2) is 11.8. The molecule has 5 N–H and O–H groups in total. The van der Waals surface area contributed by atoms with Gasteiger partial charge in [0.1, 0.15) is 37.1 Å². The van der Waals surface area contributed by atoms with Crippen LogP contribution in [-0.2, 0) is 41.6 Å². The van der Waals surface area contributed by atoms with E-state index < -0.39 is 78.7 Å². The van der Waals surface area contributed by atoms with Crippen LogP contribution in [0.3, 0.4) is 0 Å². The summed E-state index contributed by atoms with van der Waals surface area (Å²) in [7, 11) is 2.82. The van der Waals surface area contributed by atoms with Gasteiger partial charge in [0.2, 0.25) is 17.9 Å². The van der Waals surface area contributed by atoms with Crippen LogP contribution in [0.4, 0.5) is 9.59 Å². The second-order valence-electron chi connectivity index (χ2n) is 12.1. The Kier molecular flexibility index (Phi) is 8.29. The average molecular weight is 630 g/mol. The van der Waals surface area contributed by atoms with Gasteiger partial charge >= 0.3 is 12.2 Å². The van der Waals surface area contributed by atoms with Gasteiger partial charge in [-0.3, -0.25) is 0 Å². The molecule has 14 heteroatoms. The van der Waals surface area contributed by atoms with Gasteiger partial charge in [-0.05, 0) is 18.1 Å². The topological polar surface area (TPSA) is 186 Å². The van der Waals surface area contributed by atoms with Gasteiger partial charge in [0.25, 0.3) is 0 Å². The first kappa shape index (κ1) is 31.6. The molecule has 3 saturated heterocycles. The minimum Gasteiger partial charge on any atom is -0.445 e. The van der Waals surface area contributed by atoms with E-state index in [0.717, 1.165) is 16.0 Å². The van der Waals surface area contributed by atoms with Crippen LogP contribution in [0.25, 0.3) is 0 Å². The number of likely N-dealkylation sites (N-methyl/N-ethyl adjacent to an activating group) is 2. The van der Waals surface area contributed by atoms with E-state index in [1.807, 2.05) is 24.3 Å². The van der Waals surface area contributed by atoms with Gasteiger partial charge in [0, 0.05) is 27.1 Å². The molecular weight excluding hydrogens is 590 g/mol. The molecule has 6 rings (SSSR count). The highest BCUT2D eigenvalue weighted by molar-refractivity contribution is 5.69. The van der Waals surface area contributed by atoms with Crippen molar-refractivity contribution in [2.24, 2.45) is 5.73 Å². The lowest BCUT2D eigenvalue weighted by atomic mass is 9.78. The smallest absolute Gasteiger partial charge is 0.410 e. The van der Waals surface area contributed by atoms with Crippen LogP contribution >= 0.6 is 0 Å². The van der Waals surface area contributed by atoms with E-state index in [1.54, 1.807) is 43.3 Å². The molecule has 4 fully saturated rings. The molecule has 10 atom stereocenters. The van der Waals surface area contributed by atoms with Gasteiger partial charge in [-0.25, -0.2) is 9.59 Å². The maximum atomic E-state index is 13.4. The van der Waals surface area contributed by atoms with Gasteiger partial charge in [0.15, 0.2) is 0 Å². The number of rotatable bonds is 7. The standard InChI is InChI=1S/C31H39N3O11/c1-18-14-29(38,17-32)31(39)26(42-18)45-30-24(43-30)21(33(2)27(36)40-15-19-10-6-4-7-11-19)23(35)22(25(30)44-31)34(3)28(37)41-16-20-12-8-5-9-13-20/h4-13,18,21-26,35,38-39H,14-17,32H2,1-3H3/t18-,21-,22+,23+,24+,25-,26+,29?,30-,31-/m1/s1. The largest absolute Gasteiger partial charge is 0.445 e. The van der Waals surface area contributed by atoms with Crippen LogP contribution in [0.2, 0.25) is 0 Å². The molecule has 1 unspecified atom stereocenters. The molecule has 0 radical (unpaired) electrons. The molecule has 2 amide bonds. The first-order chi connectivity index (χ1) is 21.4. The third-order valence-corrected chi connectivity index (χ3v) is 9.15. The number of aliphatic hydroxyl groups excluding tert-OH is 1. The van der Waals surface area contributed by atoms with E-state index in [1.165, 1.54) is 19.0 Å². The Bertz CT molecular complexity index is 1390. The molecule has 2 aromatic rings. The van der Waals surface area contributed by atoms with Gasteiger partial charge in [-0.15, -0.1) is 0 Å². The van der Waals surface area contributed by atoms with Crippen molar-refractivity contribution in [3.05, 3.63) is 71.8 Å². The van der Waals surface area contributed by atoms with Crippen molar-refractivity contribution in [1.82, 2.24) is 9.80 Å². The maximum absolute atomic E-state index is 13.4. The predicted octanol–water partition coefficient (Wildman–Crippen LogP) is 0.659. The fourth-order valence-corrected chi connectivity index (χ4v) is 6.62. The van der Waals surface area contributed by atoms with Crippen molar-refractivity contribution in [3.8, 4) is 0 Å². The van der Waals surface area contributed by atoms with Crippen molar-refractivity contribution < 1.29 is 53.3 Å². The van der Waals surface area contributed by atoms with Crippen LogP contribution in [0.15, 0.2) is 60.7 Å². The molecule has 3 aliphatic heterocycles. The fraction of sp³-hybridized carbons (Fsp3) is 0.548. The summed E-state index contributed by atoms with van der Waals surface area (Å²) < 4.78 is 35.4. The summed E-state index contributed by atoms with van der Waals surface area (Å²) in [6.07, 6.45) is -7.65. The Labute approximate surface area is 260 Å². The Morgan fingerprint density at radius 3 is 1.84 bits per heavy atom. The summed E-state index contributed by atoms with van der Waals surface area (Å²) in [5, 5.41) is 35.1. The van der Waals surface area contributed by atoms with Crippen LogP contribution < -0.4 is 5.73 Å². The summed E-state index contributed by atoms with van der Waals surface area (Å²) in [4.78, 5) is 28.9. The second-order valence-corrected chi connectivity index (χ2v) is 12.1. The highest BCUT2D eigenvalue weighted by Crippen LogP contribution is 2.59. The van der Waals surface area contributed by atoms with Crippen molar-refractivity contribution in [2.75, 3.05) is 20.6 Å². The van der Waals surface area contributed by atoms with E-state index in [4.69, 9.17) is 34.2 Å². The zero-order valence-corrected chi connectivity index (χ0v) is 25.2. The number of hydrogen-bond acceptors (Lipinski definition) is 12. The minimum atomic E-state index is -2.49. The summed E-state index contributed by atoms with van der Waals surface area (Å²) >= 11 is 0. The van der Waals surface area contributed by atoms with Gasteiger partial charge < -0.3 is 59.3 Å². The number of hydrogen-bond donors (Lipinski definition) is 4. The molecule has 1 saturated carbocycles. The molecular formula is C31H39N3O11. The van der Waals surface area contributed by atoms with Crippen molar-refractivity contribution in [1.29, 1.82) is 0 Å². The number of ether oxygens (including phenoxy) is 6. The highest BCUT2D eigenvalue weighted by Gasteiger charge is 2.82. The third-order valence-electron chi connectivity index (χ3n) is 9.15. The molecule has 1 aliphatic carbocycles. The lowest BCUT2D eigenvalue weighted by molar-refractivity contribution is -0.490. The highest BCUT2D eigenvalue weighted by atomic mass is 16.9. The fourth-order valence-electron chi connectivity index (χ4n) is 6.62. The van der Waals surface area contributed by atoms with Crippen molar-refractivity contribution in [3.63, 3.8) is 0 Å². The number of benzene rings is 2. The molecule has 1 spiro atoms. The normalized spacial score (nSPS) is 38.2. The van der Waals surface area contributed by atoms with Crippen molar-refractivity contribution in [2.45, 2.75) is 86.5 Å². The monoisotopic (exact) mass is 629 g/mol. The maximum Gasteiger partial charge on any atom is 0.410 e. The van der Waals surface area contributed by atoms with Crippen molar-refractivity contribution >= 4 is 12.2 Å². The first-order valence-electron chi connectivity index (χ1n) is 14.8. The SMILES string of the molecule is C[C@@H]1CC(O)(CN)[C@]2(O)O[C@@H]3[C@@H](N(C)C(=O)OCc4ccccc4)[C@@H](O)[C@@H](N(C)C(=O)OCc4ccccc4)[C@@H]4O[C@]34O[C@@H]2O1. The first-order valence-corrected chi connectivity index (χ1v) is 14.8. The molecule has 0 bridgehead atoms. The molecule has 3 heterocycles. The number of aliphatic hydroxyl groups is 3. The molecule has 0 aromatic heterocycles. The summed E-state index contributed by atoms with van der Waals surface area (Å²) in [5.74, 6) is -4.17. The molecule has 45 heavy (non-hydrogen) atoms.